The summed E-state index contributed by atoms with van der Waals surface area (Å²) in [6, 6.07) is 27.4. The van der Waals surface area contributed by atoms with Crippen molar-refractivity contribution in [3.8, 4) is 11.1 Å². The summed E-state index contributed by atoms with van der Waals surface area (Å²) in [5.74, 6) is -1.24. The highest BCUT2D eigenvalue weighted by atomic mass is 79.9. The monoisotopic (exact) mass is 740 g/mol. The van der Waals surface area contributed by atoms with E-state index in [0.717, 1.165) is 38.0 Å². The summed E-state index contributed by atoms with van der Waals surface area (Å²) >= 11 is 3.68. The third-order valence-corrected chi connectivity index (χ3v) is 11.9. The number of rotatable bonds is 7. The van der Waals surface area contributed by atoms with Crippen LogP contribution in [0.3, 0.4) is 0 Å². The van der Waals surface area contributed by atoms with Crippen LogP contribution in [0.25, 0.3) is 32.7 Å². The zero-order chi connectivity index (χ0) is 34.7. The Balaban J connectivity index is 0.000000223. The first kappa shape index (κ1) is 37.0. The largest absolute Gasteiger partial charge is 0.242 e. The van der Waals surface area contributed by atoms with E-state index in [1.165, 1.54) is 22.9 Å². The Morgan fingerprint density at radius 1 is 0.617 bits per heavy atom. The molecule has 5 aromatic carbocycles. The molecule has 4 atom stereocenters. The van der Waals surface area contributed by atoms with E-state index < -0.39 is 38.4 Å². The molecule has 0 amide bonds. The summed E-state index contributed by atoms with van der Waals surface area (Å²) in [5.41, 5.74) is 3.18. The molecule has 0 saturated carbocycles. The molecule has 0 aliphatic carbocycles. The fourth-order valence-corrected chi connectivity index (χ4v) is 7.50. The van der Waals surface area contributed by atoms with Crippen LogP contribution in [0.4, 0.5) is 8.78 Å². The van der Waals surface area contributed by atoms with Crippen LogP contribution < -0.4 is 9.44 Å². The molecule has 47 heavy (non-hydrogen) atoms. The Morgan fingerprint density at radius 3 is 1.55 bits per heavy atom. The van der Waals surface area contributed by atoms with Crippen molar-refractivity contribution >= 4 is 59.4 Å². The zero-order valence-electron chi connectivity index (χ0n) is 28.1. The normalized spacial score (nSPS) is 14.7. The standard InChI is InChI=1S/C22H23F2NOS.C16H20BrNOS/c1-14(25-27(26)22(2,3)4)19-10-9-15-7-5-6-8-20(15)21(19)16-11-17(23)13-18(24)12-16;1-11(18-20(19)16(2,3)4)13-10-9-12-7-5-6-8-14(12)15(13)17/h5-14,25H,1-4H3;5-11,18H,1-4H3. The Kier molecular flexibility index (Phi) is 11.9. The smallest absolute Gasteiger partial charge is 0.126 e. The van der Waals surface area contributed by atoms with E-state index in [1.54, 1.807) is 0 Å². The summed E-state index contributed by atoms with van der Waals surface area (Å²) in [4.78, 5) is 0. The van der Waals surface area contributed by atoms with Gasteiger partial charge in [-0.3, -0.25) is 0 Å². The molecular formula is C38H43BrF2N2O2S2. The van der Waals surface area contributed by atoms with Crippen LogP contribution in [-0.4, -0.2) is 17.9 Å². The molecule has 9 heteroatoms. The van der Waals surface area contributed by atoms with Gasteiger partial charge in [-0.2, -0.15) is 0 Å². The second-order valence-corrected chi connectivity index (χ2v) is 18.3. The number of hydrogen-bond acceptors (Lipinski definition) is 2. The van der Waals surface area contributed by atoms with Crippen molar-refractivity contribution in [2.45, 2.75) is 77.0 Å². The highest BCUT2D eigenvalue weighted by Crippen LogP contribution is 2.37. The molecule has 0 aliphatic heterocycles. The molecule has 0 aromatic heterocycles. The van der Waals surface area contributed by atoms with Gasteiger partial charge in [0.15, 0.2) is 0 Å². The lowest BCUT2D eigenvalue weighted by Crippen LogP contribution is -2.35. The van der Waals surface area contributed by atoms with Gasteiger partial charge in [0.2, 0.25) is 0 Å². The highest BCUT2D eigenvalue weighted by Gasteiger charge is 2.25. The Hall–Kier alpha value is -2.82. The maximum atomic E-state index is 13.9. The molecule has 4 nitrogen and oxygen atoms in total. The van der Waals surface area contributed by atoms with E-state index in [1.807, 2.05) is 104 Å². The predicted octanol–water partition coefficient (Wildman–Crippen LogP) is 10.6. The van der Waals surface area contributed by atoms with Gasteiger partial charge in [0.05, 0.1) is 31.5 Å². The molecule has 0 saturated heterocycles. The van der Waals surface area contributed by atoms with Crippen LogP contribution in [0.5, 0.6) is 0 Å². The molecule has 0 aliphatic rings. The summed E-state index contributed by atoms with van der Waals surface area (Å²) < 4.78 is 59.3. The van der Waals surface area contributed by atoms with Crippen molar-refractivity contribution in [1.82, 2.24) is 9.44 Å². The molecule has 0 bridgehead atoms. The minimum absolute atomic E-state index is 0.0223. The van der Waals surface area contributed by atoms with Gasteiger partial charge >= 0.3 is 0 Å². The fourth-order valence-electron chi connectivity index (χ4n) is 5.06. The van der Waals surface area contributed by atoms with E-state index in [2.05, 4.69) is 49.6 Å². The number of fused-ring (bicyclic) bond motifs is 2. The number of benzene rings is 5. The van der Waals surface area contributed by atoms with Crippen LogP contribution in [0.15, 0.2) is 95.5 Å². The first-order chi connectivity index (χ1) is 22.0. The van der Waals surface area contributed by atoms with Gasteiger partial charge in [0.25, 0.3) is 0 Å². The summed E-state index contributed by atoms with van der Waals surface area (Å²) in [6.45, 7) is 15.5. The Bertz CT molecular complexity index is 1920. The van der Waals surface area contributed by atoms with Crippen LogP contribution in [-0.2, 0) is 22.0 Å². The van der Waals surface area contributed by atoms with Gasteiger partial charge < -0.3 is 0 Å². The summed E-state index contributed by atoms with van der Waals surface area (Å²) in [5, 5.41) is 4.26. The van der Waals surface area contributed by atoms with Crippen molar-refractivity contribution in [1.29, 1.82) is 0 Å². The SMILES string of the molecule is CC(NS(=O)C(C)(C)C)c1ccc2ccccc2c1-c1cc(F)cc(F)c1.CC(NS(=O)C(C)(C)C)c1ccc2ccccc2c1Br. The Morgan fingerprint density at radius 2 is 1.04 bits per heavy atom. The van der Waals surface area contributed by atoms with Crippen LogP contribution in [0, 0.1) is 11.6 Å². The highest BCUT2D eigenvalue weighted by molar-refractivity contribution is 9.10. The van der Waals surface area contributed by atoms with Gasteiger partial charge in [-0.1, -0.05) is 72.8 Å². The number of halogens is 3. The lowest BCUT2D eigenvalue weighted by molar-refractivity contribution is 0.584. The van der Waals surface area contributed by atoms with Gasteiger partial charge in [-0.15, -0.1) is 0 Å². The maximum Gasteiger partial charge on any atom is 0.126 e. The van der Waals surface area contributed by atoms with E-state index in [0.29, 0.717) is 5.56 Å². The second kappa shape index (κ2) is 15.2. The quantitative estimate of drug-likeness (QED) is 0.175. The molecule has 2 N–H and O–H groups in total. The summed E-state index contributed by atoms with van der Waals surface area (Å²) in [7, 11) is -2.35. The molecule has 250 valence electrons. The third kappa shape index (κ3) is 9.21. The molecule has 0 heterocycles. The first-order valence-corrected chi connectivity index (χ1v) is 18.6. The minimum atomic E-state index is -1.27. The van der Waals surface area contributed by atoms with Crippen molar-refractivity contribution < 1.29 is 17.2 Å². The molecule has 5 aromatic rings. The van der Waals surface area contributed by atoms with Crippen LogP contribution in [0.2, 0.25) is 0 Å². The number of nitrogens with one attached hydrogen (secondary N) is 2. The fraction of sp³-hybridized carbons (Fsp3) is 0.316. The predicted molar refractivity (Wildman–Crippen MR) is 200 cm³/mol. The molecule has 0 fully saturated rings. The van der Waals surface area contributed by atoms with Crippen molar-refractivity contribution in [3.63, 3.8) is 0 Å². The van der Waals surface area contributed by atoms with Gasteiger partial charge in [-0.05, 0) is 127 Å². The van der Waals surface area contributed by atoms with E-state index in [-0.39, 0.29) is 16.8 Å². The number of hydrogen-bond donors (Lipinski definition) is 2. The summed E-state index contributed by atoms with van der Waals surface area (Å²) in [6.07, 6.45) is 0. The minimum Gasteiger partial charge on any atom is -0.242 e. The van der Waals surface area contributed by atoms with Gasteiger partial charge in [0, 0.05) is 22.6 Å². The second-order valence-electron chi connectivity index (χ2n) is 13.5. The van der Waals surface area contributed by atoms with Crippen LogP contribution in [0.1, 0.15) is 78.6 Å². The lowest BCUT2D eigenvalue weighted by Gasteiger charge is -2.24. The van der Waals surface area contributed by atoms with Gasteiger partial charge in [-0.25, -0.2) is 26.6 Å². The maximum absolute atomic E-state index is 13.9. The lowest BCUT2D eigenvalue weighted by atomic mass is 9.90. The molecule has 5 rings (SSSR count). The average Bonchev–Trinajstić information content (AvgIpc) is 2.99. The molecular weight excluding hydrogens is 698 g/mol. The van der Waals surface area contributed by atoms with E-state index in [4.69, 9.17) is 0 Å². The molecule has 4 unspecified atom stereocenters. The molecule has 0 radical (unpaired) electrons. The van der Waals surface area contributed by atoms with Gasteiger partial charge in [0.1, 0.15) is 11.6 Å². The van der Waals surface area contributed by atoms with Crippen molar-refractivity contribution in [2.75, 3.05) is 0 Å². The van der Waals surface area contributed by atoms with Crippen LogP contribution >= 0.6 is 15.9 Å². The van der Waals surface area contributed by atoms with E-state index in [9.17, 15) is 17.2 Å². The topological polar surface area (TPSA) is 58.2 Å². The zero-order valence-corrected chi connectivity index (χ0v) is 31.3. The molecule has 0 spiro atoms. The average molecular weight is 742 g/mol. The Labute approximate surface area is 291 Å². The van der Waals surface area contributed by atoms with Crippen molar-refractivity contribution in [3.05, 3.63) is 118 Å². The third-order valence-electron chi connectivity index (χ3n) is 7.62. The van der Waals surface area contributed by atoms with E-state index >= 15 is 0 Å². The van der Waals surface area contributed by atoms with Crippen molar-refractivity contribution in [2.24, 2.45) is 0 Å². The first-order valence-electron chi connectivity index (χ1n) is 15.5.